The number of primary amides is 1. The van der Waals surface area contributed by atoms with Gasteiger partial charge in [0.2, 0.25) is 10.0 Å². The van der Waals surface area contributed by atoms with E-state index in [-0.39, 0.29) is 23.7 Å². The first-order valence-electron chi connectivity index (χ1n) is 6.99. The number of ether oxygens (including phenoxy) is 1. The fourth-order valence-electron chi connectivity index (χ4n) is 1.99. The number of hydrogen-bond acceptors (Lipinski definition) is 5. The van der Waals surface area contributed by atoms with Crippen molar-refractivity contribution < 1.29 is 22.7 Å². The monoisotopic (exact) mass is 382 g/mol. The highest BCUT2D eigenvalue weighted by molar-refractivity contribution is 7.92. The summed E-state index contributed by atoms with van der Waals surface area (Å²) in [5, 5.41) is 0.321. The van der Waals surface area contributed by atoms with Crippen LogP contribution in [0, 0.1) is 0 Å². The second-order valence-electron chi connectivity index (χ2n) is 5.17. The molecule has 0 aliphatic heterocycles. The molecule has 0 heterocycles. The van der Waals surface area contributed by atoms with Gasteiger partial charge in [-0.2, -0.15) is 0 Å². The zero-order valence-electron chi connectivity index (χ0n) is 13.2. The number of hydrogen-bond donors (Lipinski definition) is 2. The third-order valence-corrected chi connectivity index (χ3v) is 3.92. The van der Waals surface area contributed by atoms with Gasteiger partial charge in [0.05, 0.1) is 11.8 Å². The molecule has 2 aromatic carbocycles. The first-order chi connectivity index (χ1) is 11.7. The van der Waals surface area contributed by atoms with Crippen LogP contribution in [0.4, 0.5) is 5.69 Å². The normalized spacial score (nSPS) is 11.0. The van der Waals surface area contributed by atoms with Crippen LogP contribution in [0.25, 0.3) is 0 Å². The van der Waals surface area contributed by atoms with Crippen molar-refractivity contribution in [3.63, 3.8) is 0 Å². The minimum absolute atomic E-state index is 0.0769. The van der Waals surface area contributed by atoms with Crippen LogP contribution in [-0.2, 0) is 10.0 Å². The minimum Gasteiger partial charge on any atom is -0.485 e. The SMILES string of the molecule is CS(=O)(=O)Nc1ccc(C(=O)COc2ccc(Cl)cc2C(N)=O)cc1. The van der Waals surface area contributed by atoms with Crippen LogP contribution in [0.15, 0.2) is 42.5 Å². The van der Waals surface area contributed by atoms with Crippen molar-refractivity contribution in [2.24, 2.45) is 5.73 Å². The predicted molar refractivity (Wildman–Crippen MR) is 94.7 cm³/mol. The Kier molecular flexibility index (Phi) is 5.66. The van der Waals surface area contributed by atoms with Gasteiger partial charge in [0.1, 0.15) is 5.75 Å². The first-order valence-corrected chi connectivity index (χ1v) is 9.26. The van der Waals surface area contributed by atoms with Gasteiger partial charge in [-0.1, -0.05) is 11.6 Å². The summed E-state index contributed by atoms with van der Waals surface area (Å²) in [6.45, 7) is -0.319. The van der Waals surface area contributed by atoms with E-state index in [1.807, 2.05) is 0 Å². The average molecular weight is 383 g/mol. The Morgan fingerprint density at radius 3 is 2.36 bits per heavy atom. The quantitative estimate of drug-likeness (QED) is 0.711. The number of Topliss-reactive ketones (excluding diaryl/α,β-unsaturated/α-hetero) is 1. The predicted octanol–water partition coefficient (Wildman–Crippen LogP) is 2.07. The fourth-order valence-corrected chi connectivity index (χ4v) is 2.72. The van der Waals surface area contributed by atoms with Crippen LogP contribution in [0.5, 0.6) is 5.75 Å². The Balaban J connectivity index is 2.07. The van der Waals surface area contributed by atoms with E-state index in [0.717, 1.165) is 6.26 Å². The summed E-state index contributed by atoms with van der Waals surface area (Å²) >= 11 is 5.80. The van der Waals surface area contributed by atoms with E-state index >= 15 is 0 Å². The van der Waals surface area contributed by atoms with Gasteiger partial charge in [-0.3, -0.25) is 14.3 Å². The van der Waals surface area contributed by atoms with E-state index in [1.54, 1.807) is 0 Å². The molecule has 2 aromatic rings. The summed E-state index contributed by atoms with van der Waals surface area (Å²) in [4.78, 5) is 23.5. The lowest BCUT2D eigenvalue weighted by atomic mass is 10.1. The van der Waals surface area contributed by atoms with Crippen LogP contribution in [0.2, 0.25) is 5.02 Å². The Labute approximate surface area is 149 Å². The molecule has 2 rings (SSSR count). The number of nitrogens with one attached hydrogen (secondary N) is 1. The molecule has 7 nitrogen and oxygen atoms in total. The zero-order chi connectivity index (χ0) is 18.6. The lowest BCUT2D eigenvalue weighted by Crippen LogP contribution is -2.16. The van der Waals surface area contributed by atoms with Gasteiger partial charge < -0.3 is 10.5 Å². The van der Waals surface area contributed by atoms with E-state index in [9.17, 15) is 18.0 Å². The minimum atomic E-state index is -3.39. The number of nitrogens with two attached hydrogens (primary N) is 1. The van der Waals surface area contributed by atoms with Crippen LogP contribution in [-0.4, -0.2) is 33.0 Å². The molecule has 0 saturated heterocycles. The van der Waals surface area contributed by atoms with Gasteiger partial charge in [-0.25, -0.2) is 8.42 Å². The second-order valence-corrected chi connectivity index (χ2v) is 7.35. The second kappa shape index (κ2) is 7.54. The molecule has 132 valence electrons. The number of amides is 1. The van der Waals surface area contributed by atoms with Gasteiger partial charge in [0.25, 0.3) is 5.91 Å². The number of benzene rings is 2. The number of halogens is 1. The van der Waals surface area contributed by atoms with Crippen molar-refractivity contribution in [3.8, 4) is 5.75 Å². The van der Waals surface area contributed by atoms with Crippen molar-refractivity contribution >= 4 is 39.0 Å². The van der Waals surface area contributed by atoms with Crippen molar-refractivity contribution in [2.75, 3.05) is 17.6 Å². The smallest absolute Gasteiger partial charge is 0.252 e. The molecule has 0 fully saturated rings. The van der Waals surface area contributed by atoms with Crippen LogP contribution in [0.1, 0.15) is 20.7 Å². The molecule has 0 aliphatic carbocycles. The van der Waals surface area contributed by atoms with Gasteiger partial charge in [-0.15, -0.1) is 0 Å². The van der Waals surface area contributed by atoms with Crippen molar-refractivity contribution in [1.29, 1.82) is 0 Å². The molecule has 0 unspecified atom stereocenters. The zero-order valence-corrected chi connectivity index (χ0v) is 14.7. The third kappa shape index (κ3) is 5.47. The highest BCUT2D eigenvalue weighted by Gasteiger charge is 2.13. The largest absolute Gasteiger partial charge is 0.485 e. The van der Waals surface area contributed by atoms with Crippen LogP contribution < -0.4 is 15.2 Å². The van der Waals surface area contributed by atoms with Crippen molar-refractivity contribution in [1.82, 2.24) is 0 Å². The number of ketones is 1. The van der Waals surface area contributed by atoms with Gasteiger partial charge >= 0.3 is 0 Å². The molecule has 0 bridgehead atoms. The first kappa shape index (κ1) is 18.8. The molecule has 0 aliphatic rings. The van der Waals surface area contributed by atoms with Crippen molar-refractivity contribution in [2.45, 2.75) is 0 Å². The van der Waals surface area contributed by atoms with E-state index in [0.29, 0.717) is 16.3 Å². The van der Waals surface area contributed by atoms with Crippen molar-refractivity contribution in [3.05, 3.63) is 58.6 Å². The van der Waals surface area contributed by atoms with Gasteiger partial charge in [0, 0.05) is 16.3 Å². The third-order valence-electron chi connectivity index (χ3n) is 3.08. The summed E-state index contributed by atoms with van der Waals surface area (Å²) in [5.41, 5.74) is 6.00. The van der Waals surface area contributed by atoms with E-state index in [4.69, 9.17) is 22.1 Å². The van der Waals surface area contributed by atoms with E-state index in [1.165, 1.54) is 42.5 Å². The molecule has 3 N–H and O–H groups in total. The van der Waals surface area contributed by atoms with E-state index < -0.39 is 15.9 Å². The molecule has 25 heavy (non-hydrogen) atoms. The lowest BCUT2D eigenvalue weighted by molar-refractivity contribution is 0.0912. The number of carbonyl (C=O) groups is 2. The molecule has 0 spiro atoms. The maximum atomic E-state index is 12.2. The summed E-state index contributed by atoms with van der Waals surface area (Å²) in [6.07, 6.45) is 1.03. The Morgan fingerprint density at radius 2 is 1.80 bits per heavy atom. The van der Waals surface area contributed by atoms with Gasteiger partial charge in [0.15, 0.2) is 12.4 Å². The Hall–Kier alpha value is -2.58. The topological polar surface area (TPSA) is 116 Å². The highest BCUT2D eigenvalue weighted by atomic mass is 35.5. The maximum Gasteiger partial charge on any atom is 0.252 e. The molecule has 0 saturated carbocycles. The number of rotatable bonds is 7. The summed E-state index contributed by atoms with van der Waals surface area (Å²) in [7, 11) is -3.39. The standard InChI is InChI=1S/C16H15ClN2O5S/c1-25(22,23)19-12-5-2-10(3-6-12)14(20)9-24-15-7-4-11(17)8-13(15)16(18)21/h2-8,19H,9H2,1H3,(H2,18,21). The maximum absolute atomic E-state index is 12.2. The lowest BCUT2D eigenvalue weighted by Gasteiger charge is -2.10. The fraction of sp³-hybridized carbons (Fsp3) is 0.125. The number of sulfonamides is 1. The molecule has 1 amide bonds. The Bertz CT molecular complexity index is 911. The van der Waals surface area contributed by atoms with E-state index in [2.05, 4.69) is 4.72 Å². The molecule has 0 atom stereocenters. The molecule has 0 radical (unpaired) electrons. The average Bonchev–Trinajstić information content (AvgIpc) is 2.52. The summed E-state index contributed by atoms with van der Waals surface area (Å²) in [5.74, 6) is -0.918. The molecule has 0 aromatic heterocycles. The van der Waals surface area contributed by atoms with Crippen LogP contribution >= 0.6 is 11.6 Å². The molecular weight excluding hydrogens is 368 g/mol. The highest BCUT2D eigenvalue weighted by Crippen LogP contribution is 2.23. The summed E-state index contributed by atoms with van der Waals surface area (Å²) in [6, 6.07) is 10.2. The number of anilines is 1. The molecule has 9 heteroatoms. The summed E-state index contributed by atoms with van der Waals surface area (Å²) < 4.78 is 29.9. The Morgan fingerprint density at radius 1 is 1.16 bits per heavy atom. The number of carbonyl (C=O) groups excluding carboxylic acids is 2. The van der Waals surface area contributed by atoms with Crippen LogP contribution in [0.3, 0.4) is 0 Å². The molecular formula is C16H15ClN2O5S. The van der Waals surface area contributed by atoms with Gasteiger partial charge in [-0.05, 0) is 42.5 Å².